The molecule has 0 aliphatic carbocycles. The summed E-state index contributed by atoms with van der Waals surface area (Å²) in [6, 6.07) is 10.7. The number of para-hydroxylation sites is 2. The van der Waals surface area contributed by atoms with E-state index < -0.39 is 16.0 Å². The van der Waals surface area contributed by atoms with Crippen LogP contribution in [0, 0.1) is 0 Å². The monoisotopic (exact) mass is 293 g/mol. The van der Waals surface area contributed by atoms with Crippen molar-refractivity contribution in [1.29, 1.82) is 0 Å². The highest BCUT2D eigenvalue weighted by Crippen LogP contribution is 2.24. The molecule has 0 saturated carbocycles. The molecule has 0 heterocycles. The Morgan fingerprint density at radius 3 is 2.15 bits per heavy atom. The third-order valence-electron chi connectivity index (χ3n) is 2.56. The molecule has 2 rings (SSSR count). The van der Waals surface area contributed by atoms with Crippen molar-refractivity contribution >= 4 is 21.7 Å². The van der Waals surface area contributed by atoms with Gasteiger partial charge in [0.2, 0.25) is 0 Å². The van der Waals surface area contributed by atoms with Crippen LogP contribution in [-0.4, -0.2) is 24.6 Å². The van der Waals surface area contributed by atoms with Crippen molar-refractivity contribution in [1.82, 2.24) is 0 Å². The average molecular weight is 293 g/mol. The lowest BCUT2D eigenvalue weighted by Gasteiger charge is -2.09. The summed E-state index contributed by atoms with van der Waals surface area (Å²) in [5.41, 5.74) is 0.0429. The number of nitrogens with one attached hydrogen (secondary N) is 1. The molecule has 0 aliphatic rings. The number of carbonyl (C=O) groups is 1. The van der Waals surface area contributed by atoms with E-state index >= 15 is 0 Å². The quantitative estimate of drug-likeness (QED) is 0.747. The van der Waals surface area contributed by atoms with Crippen molar-refractivity contribution in [3.63, 3.8) is 0 Å². The minimum absolute atomic E-state index is 0.00786. The number of aromatic hydroxyl groups is 1. The van der Waals surface area contributed by atoms with Gasteiger partial charge >= 0.3 is 5.97 Å². The number of sulfonamides is 1. The summed E-state index contributed by atoms with van der Waals surface area (Å²) in [6.07, 6.45) is 0. The van der Waals surface area contributed by atoms with Gasteiger partial charge in [-0.25, -0.2) is 13.2 Å². The van der Waals surface area contributed by atoms with E-state index in [9.17, 15) is 18.3 Å². The molecule has 7 heteroatoms. The van der Waals surface area contributed by atoms with Crippen molar-refractivity contribution in [3.8, 4) is 5.75 Å². The van der Waals surface area contributed by atoms with E-state index in [4.69, 9.17) is 5.11 Å². The SMILES string of the molecule is O=C(O)c1ccc(S(=O)(=O)Nc2ccccc2O)cc1. The van der Waals surface area contributed by atoms with Gasteiger partial charge in [-0.2, -0.15) is 0 Å². The number of benzene rings is 2. The molecule has 2 aromatic rings. The lowest BCUT2D eigenvalue weighted by Crippen LogP contribution is -2.13. The largest absolute Gasteiger partial charge is 0.506 e. The van der Waals surface area contributed by atoms with Crippen molar-refractivity contribution in [2.75, 3.05) is 4.72 Å². The van der Waals surface area contributed by atoms with Crippen molar-refractivity contribution in [2.45, 2.75) is 4.90 Å². The molecular weight excluding hydrogens is 282 g/mol. The first-order valence-electron chi connectivity index (χ1n) is 5.54. The highest BCUT2D eigenvalue weighted by Gasteiger charge is 2.16. The van der Waals surface area contributed by atoms with Gasteiger partial charge in [0.15, 0.2) is 0 Å². The molecule has 6 nitrogen and oxygen atoms in total. The second kappa shape index (κ2) is 5.22. The third-order valence-corrected chi connectivity index (χ3v) is 3.94. The Balaban J connectivity index is 2.31. The number of aromatic carboxylic acids is 1. The highest BCUT2D eigenvalue weighted by atomic mass is 32.2. The van der Waals surface area contributed by atoms with Gasteiger partial charge in [-0.3, -0.25) is 4.72 Å². The summed E-state index contributed by atoms with van der Waals surface area (Å²) in [5, 5.41) is 18.3. The molecule has 3 N–H and O–H groups in total. The Kier molecular flexibility index (Phi) is 3.62. The molecular formula is C13H11NO5S. The Hall–Kier alpha value is -2.54. The first-order valence-corrected chi connectivity index (χ1v) is 7.02. The third kappa shape index (κ3) is 2.89. The van der Waals surface area contributed by atoms with Crippen molar-refractivity contribution < 1.29 is 23.4 Å². The van der Waals surface area contributed by atoms with E-state index in [0.29, 0.717) is 0 Å². The Bertz CT molecular complexity index is 738. The predicted octanol–water partition coefficient (Wildman–Crippen LogP) is 1.89. The number of hydrogen-bond donors (Lipinski definition) is 3. The molecule has 0 aliphatic heterocycles. The Labute approximate surface area is 115 Å². The van der Waals surface area contributed by atoms with Crippen LogP contribution in [0.1, 0.15) is 10.4 Å². The minimum Gasteiger partial charge on any atom is -0.506 e. The summed E-state index contributed by atoms with van der Waals surface area (Å²) in [4.78, 5) is 10.6. The van der Waals surface area contributed by atoms with E-state index in [1.807, 2.05) is 0 Å². The molecule has 0 aromatic heterocycles. The fourth-order valence-electron chi connectivity index (χ4n) is 1.54. The number of carboxylic acid groups (broad SMARTS) is 1. The smallest absolute Gasteiger partial charge is 0.335 e. The maximum atomic E-state index is 12.1. The number of hydrogen-bond acceptors (Lipinski definition) is 4. The molecule has 0 atom stereocenters. The maximum Gasteiger partial charge on any atom is 0.335 e. The number of phenols is 1. The minimum atomic E-state index is -3.88. The van der Waals surface area contributed by atoms with Gasteiger partial charge in [0, 0.05) is 0 Å². The molecule has 20 heavy (non-hydrogen) atoms. The zero-order chi connectivity index (χ0) is 14.8. The first-order chi connectivity index (χ1) is 9.40. The summed E-state index contributed by atoms with van der Waals surface area (Å²) in [5.74, 6) is -1.33. The molecule has 104 valence electrons. The van der Waals surface area contributed by atoms with Crippen LogP contribution >= 0.6 is 0 Å². The summed E-state index contributed by atoms with van der Waals surface area (Å²) in [6.45, 7) is 0. The second-order valence-electron chi connectivity index (χ2n) is 3.95. The zero-order valence-corrected chi connectivity index (χ0v) is 11.0. The van der Waals surface area contributed by atoms with Crippen LogP contribution in [0.5, 0.6) is 5.75 Å². The van der Waals surface area contributed by atoms with E-state index in [-0.39, 0.29) is 21.9 Å². The van der Waals surface area contributed by atoms with Gasteiger partial charge in [0.1, 0.15) is 5.75 Å². The lowest BCUT2D eigenvalue weighted by molar-refractivity contribution is 0.0696. The van der Waals surface area contributed by atoms with Crippen molar-refractivity contribution in [2.24, 2.45) is 0 Å². The lowest BCUT2D eigenvalue weighted by atomic mass is 10.2. The van der Waals surface area contributed by atoms with Crippen LogP contribution in [0.25, 0.3) is 0 Å². The van der Waals surface area contributed by atoms with Gasteiger partial charge in [-0.1, -0.05) is 12.1 Å². The zero-order valence-electron chi connectivity index (χ0n) is 10.1. The normalized spacial score (nSPS) is 11.0. The number of phenolic OH excluding ortho intramolecular Hbond substituents is 1. The maximum absolute atomic E-state index is 12.1. The number of carboxylic acids is 1. The summed E-state index contributed by atoms with van der Waals surface area (Å²) < 4.78 is 26.4. The van der Waals surface area contributed by atoms with E-state index in [1.54, 1.807) is 12.1 Å². The van der Waals surface area contributed by atoms with Crippen LogP contribution in [0.15, 0.2) is 53.4 Å². The highest BCUT2D eigenvalue weighted by molar-refractivity contribution is 7.92. The van der Waals surface area contributed by atoms with Crippen molar-refractivity contribution in [3.05, 3.63) is 54.1 Å². The molecule has 0 spiro atoms. The average Bonchev–Trinajstić information content (AvgIpc) is 2.41. The topological polar surface area (TPSA) is 104 Å². The fraction of sp³-hybridized carbons (Fsp3) is 0. The van der Waals surface area contributed by atoms with E-state index in [2.05, 4.69) is 4.72 Å². The molecule has 0 radical (unpaired) electrons. The molecule has 0 fully saturated rings. The van der Waals surface area contributed by atoms with Crippen LogP contribution < -0.4 is 4.72 Å². The van der Waals surface area contributed by atoms with Gasteiger partial charge in [0.05, 0.1) is 16.1 Å². The molecule has 2 aromatic carbocycles. The van der Waals surface area contributed by atoms with E-state index in [0.717, 1.165) is 0 Å². The van der Waals surface area contributed by atoms with Crippen LogP contribution in [0.4, 0.5) is 5.69 Å². The van der Waals surface area contributed by atoms with E-state index in [1.165, 1.54) is 36.4 Å². The first kappa shape index (κ1) is 13.9. The number of anilines is 1. The molecule has 0 bridgehead atoms. The summed E-state index contributed by atoms with van der Waals surface area (Å²) in [7, 11) is -3.88. The molecule has 0 amide bonds. The number of rotatable bonds is 4. The van der Waals surface area contributed by atoms with Crippen LogP contribution in [-0.2, 0) is 10.0 Å². The van der Waals surface area contributed by atoms with Gasteiger partial charge in [0.25, 0.3) is 10.0 Å². The Morgan fingerprint density at radius 1 is 1.00 bits per heavy atom. The predicted molar refractivity (Wildman–Crippen MR) is 72.3 cm³/mol. The standard InChI is InChI=1S/C13H11NO5S/c15-12-4-2-1-3-11(12)14-20(18,19)10-7-5-9(6-8-10)13(16)17/h1-8,14-15H,(H,16,17). The summed E-state index contributed by atoms with van der Waals surface area (Å²) >= 11 is 0. The second-order valence-corrected chi connectivity index (χ2v) is 5.63. The van der Waals surface area contributed by atoms with Gasteiger partial charge in [-0.05, 0) is 36.4 Å². The van der Waals surface area contributed by atoms with Crippen LogP contribution in [0.3, 0.4) is 0 Å². The fourth-order valence-corrected chi connectivity index (χ4v) is 2.61. The van der Waals surface area contributed by atoms with Gasteiger partial charge in [-0.15, -0.1) is 0 Å². The Morgan fingerprint density at radius 2 is 1.60 bits per heavy atom. The molecule has 0 unspecified atom stereocenters. The van der Waals surface area contributed by atoms with Crippen LogP contribution in [0.2, 0.25) is 0 Å². The molecule has 0 saturated heterocycles. The van der Waals surface area contributed by atoms with Gasteiger partial charge < -0.3 is 10.2 Å².